The van der Waals surface area contributed by atoms with E-state index in [0.29, 0.717) is 11.5 Å². The number of hydrogen-bond donors (Lipinski definition) is 0. The Labute approximate surface area is 130 Å². The Balaban J connectivity index is 2.20. The Hall–Kier alpha value is -1.19. The molecule has 0 aromatic heterocycles. The van der Waals surface area contributed by atoms with Gasteiger partial charge in [0.2, 0.25) is 0 Å². The first-order valence-electron chi connectivity index (χ1n) is 8.31. The average molecular weight is 314 g/mol. The summed E-state index contributed by atoms with van der Waals surface area (Å²) < 4.78 is 46.1. The standard InChI is InChI=1S/C18H25F3O/c1-3-5-12-6-8-13(9-7-12)14-10-11-15(22-4-2)16(17(14)19)18(20)21/h10-13,18H,3-9H2,1-2H3. The smallest absolute Gasteiger partial charge is 0.270 e. The minimum atomic E-state index is -2.85. The minimum Gasteiger partial charge on any atom is -0.493 e. The van der Waals surface area contributed by atoms with Crippen molar-refractivity contribution < 1.29 is 17.9 Å². The SMILES string of the molecule is CCCC1CCC(c2ccc(OCC)c(C(F)F)c2F)CC1. The van der Waals surface area contributed by atoms with Crippen LogP contribution in [0.5, 0.6) is 5.75 Å². The summed E-state index contributed by atoms with van der Waals surface area (Å²) in [4.78, 5) is 0. The predicted molar refractivity (Wildman–Crippen MR) is 82.1 cm³/mol. The van der Waals surface area contributed by atoms with Crippen molar-refractivity contribution in [3.63, 3.8) is 0 Å². The van der Waals surface area contributed by atoms with Crippen LogP contribution in [0.15, 0.2) is 12.1 Å². The van der Waals surface area contributed by atoms with Crippen molar-refractivity contribution in [2.45, 2.75) is 64.7 Å². The number of alkyl halides is 2. The average Bonchev–Trinajstić information content (AvgIpc) is 2.49. The molecule has 0 N–H and O–H groups in total. The van der Waals surface area contributed by atoms with Crippen molar-refractivity contribution in [1.29, 1.82) is 0 Å². The largest absolute Gasteiger partial charge is 0.493 e. The van der Waals surface area contributed by atoms with Crippen molar-refractivity contribution in [2.24, 2.45) is 5.92 Å². The van der Waals surface area contributed by atoms with Gasteiger partial charge in [0, 0.05) is 0 Å². The van der Waals surface area contributed by atoms with E-state index in [0.717, 1.165) is 25.7 Å². The lowest BCUT2D eigenvalue weighted by atomic mass is 9.77. The monoisotopic (exact) mass is 314 g/mol. The number of benzene rings is 1. The zero-order valence-electron chi connectivity index (χ0n) is 13.4. The van der Waals surface area contributed by atoms with E-state index >= 15 is 0 Å². The Kier molecular flexibility index (Phi) is 6.16. The van der Waals surface area contributed by atoms with Gasteiger partial charge in [0.15, 0.2) is 0 Å². The second kappa shape index (κ2) is 7.89. The lowest BCUT2D eigenvalue weighted by Gasteiger charge is -2.29. The van der Waals surface area contributed by atoms with Gasteiger partial charge in [0.1, 0.15) is 11.6 Å². The normalized spacial score (nSPS) is 22.1. The van der Waals surface area contributed by atoms with Crippen molar-refractivity contribution in [1.82, 2.24) is 0 Å². The Bertz CT molecular complexity index is 479. The molecule has 0 spiro atoms. The molecule has 1 fully saturated rings. The molecular weight excluding hydrogens is 289 g/mol. The summed E-state index contributed by atoms with van der Waals surface area (Å²) >= 11 is 0. The van der Waals surface area contributed by atoms with Gasteiger partial charge in [-0.05, 0) is 56.1 Å². The van der Waals surface area contributed by atoms with Crippen LogP contribution in [-0.2, 0) is 0 Å². The van der Waals surface area contributed by atoms with E-state index in [4.69, 9.17) is 4.74 Å². The van der Waals surface area contributed by atoms with E-state index in [1.54, 1.807) is 13.0 Å². The molecule has 1 aliphatic rings. The van der Waals surface area contributed by atoms with Gasteiger partial charge in [-0.2, -0.15) is 0 Å². The van der Waals surface area contributed by atoms with Gasteiger partial charge < -0.3 is 4.74 Å². The maximum absolute atomic E-state index is 14.6. The molecule has 0 bridgehead atoms. The Morgan fingerprint density at radius 3 is 2.36 bits per heavy atom. The topological polar surface area (TPSA) is 9.23 Å². The summed E-state index contributed by atoms with van der Waals surface area (Å²) in [6, 6.07) is 3.14. The number of ether oxygens (including phenoxy) is 1. The summed E-state index contributed by atoms with van der Waals surface area (Å²) in [6.45, 7) is 4.13. The van der Waals surface area contributed by atoms with Gasteiger partial charge in [-0.3, -0.25) is 0 Å². The highest BCUT2D eigenvalue weighted by atomic mass is 19.3. The highest BCUT2D eigenvalue weighted by Gasteiger charge is 2.28. The molecule has 1 aliphatic carbocycles. The minimum absolute atomic E-state index is 0.0292. The van der Waals surface area contributed by atoms with Crippen LogP contribution >= 0.6 is 0 Å². The highest BCUT2D eigenvalue weighted by Crippen LogP contribution is 2.42. The molecule has 0 atom stereocenters. The zero-order valence-corrected chi connectivity index (χ0v) is 13.4. The molecule has 1 aromatic rings. The molecule has 0 radical (unpaired) electrons. The summed E-state index contributed by atoms with van der Waals surface area (Å²) in [5, 5.41) is 0. The van der Waals surface area contributed by atoms with E-state index in [9.17, 15) is 13.2 Å². The quantitative estimate of drug-likeness (QED) is 0.604. The molecule has 1 saturated carbocycles. The van der Waals surface area contributed by atoms with E-state index in [1.807, 2.05) is 0 Å². The number of halogens is 3. The third kappa shape index (κ3) is 3.76. The lowest BCUT2D eigenvalue weighted by Crippen LogP contribution is -2.15. The van der Waals surface area contributed by atoms with Crippen LogP contribution in [0, 0.1) is 11.7 Å². The summed E-state index contributed by atoms with van der Waals surface area (Å²) in [6.07, 6.45) is 3.43. The molecule has 22 heavy (non-hydrogen) atoms. The first-order valence-corrected chi connectivity index (χ1v) is 8.31. The molecule has 0 saturated heterocycles. The summed E-state index contributed by atoms with van der Waals surface area (Å²) in [5.41, 5.74) is -0.135. The predicted octanol–water partition coefficient (Wildman–Crippen LogP) is 6.24. The van der Waals surface area contributed by atoms with Gasteiger partial charge in [0.05, 0.1) is 12.2 Å². The van der Waals surface area contributed by atoms with Gasteiger partial charge >= 0.3 is 0 Å². The van der Waals surface area contributed by atoms with E-state index in [2.05, 4.69) is 6.92 Å². The zero-order chi connectivity index (χ0) is 16.1. The van der Waals surface area contributed by atoms with Gasteiger partial charge in [-0.25, -0.2) is 13.2 Å². The van der Waals surface area contributed by atoms with Crippen LogP contribution in [0.4, 0.5) is 13.2 Å². The Morgan fingerprint density at radius 1 is 1.14 bits per heavy atom. The van der Waals surface area contributed by atoms with Crippen LogP contribution < -0.4 is 4.74 Å². The maximum atomic E-state index is 14.6. The molecule has 1 nitrogen and oxygen atoms in total. The third-order valence-electron chi connectivity index (χ3n) is 4.67. The highest BCUT2D eigenvalue weighted by molar-refractivity contribution is 5.41. The van der Waals surface area contributed by atoms with Crippen molar-refractivity contribution in [2.75, 3.05) is 6.61 Å². The van der Waals surface area contributed by atoms with Crippen LogP contribution in [0.3, 0.4) is 0 Å². The van der Waals surface area contributed by atoms with Crippen LogP contribution in [0.2, 0.25) is 0 Å². The molecule has 0 aliphatic heterocycles. The summed E-state index contributed by atoms with van der Waals surface area (Å²) in [5.74, 6) is -0.0267. The van der Waals surface area contributed by atoms with Gasteiger partial charge in [-0.1, -0.05) is 25.8 Å². The maximum Gasteiger partial charge on any atom is 0.270 e. The molecule has 0 unspecified atom stereocenters. The second-order valence-electron chi connectivity index (χ2n) is 6.12. The molecule has 0 amide bonds. The van der Waals surface area contributed by atoms with Crippen LogP contribution in [0.25, 0.3) is 0 Å². The van der Waals surface area contributed by atoms with E-state index in [-0.39, 0.29) is 18.3 Å². The number of rotatable bonds is 6. The van der Waals surface area contributed by atoms with E-state index < -0.39 is 17.8 Å². The fraction of sp³-hybridized carbons (Fsp3) is 0.667. The van der Waals surface area contributed by atoms with Crippen LogP contribution in [-0.4, -0.2) is 6.61 Å². The molecule has 1 aromatic carbocycles. The molecule has 0 heterocycles. The summed E-state index contributed by atoms with van der Waals surface area (Å²) in [7, 11) is 0. The molecule has 4 heteroatoms. The molecule has 2 rings (SSSR count). The fourth-order valence-electron chi connectivity index (χ4n) is 3.56. The second-order valence-corrected chi connectivity index (χ2v) is 6.12. The molecule has 124 valence electrons. The lowest BCUT2D eigenvalue weighted by molar-refractivity contribution is 0.139. The number of hydrogen-bond acceptors (Lipinski definition) is 1. The first-order chi connectivity index (χ1) is 10.6. The van der Waals surface area contributed by atoms with Crippen LogP contribution in [0.1, 0.15) is 75.8 Å². The van der Waals surface area contributed by atoms with Crippen molar-refractivity contribution in [3.8, 4) is 5.75 Å². The molecular formula is C18H25F3O. The first kappa shape index (κ1) is 17.2. The van der Waals surface area contributed by atoms with Gasteiger partial charge in [0.25, 0.3) is 6.43 Å². The third-order valence-corrected chi connectivity index (χ3v) is 4.67. The van der Waals surface area contributed by atoms with E-state index in [1.165, 1.54) is 18.9 Å². The fourth-order valence-corrected chi connectivity index (χ4v) is 3.56. The van der Waals surface area contributed by atoms with Gasteiger partial charge in [-0.15, -0.1) is 0 Å². The van der Waals surface area contributed by atoms with Crippen molar-refractivity contribution in [3.05, 3.63) is 29.1 Å². The Morgan fingerprint density at radius 2 is 1.82 bits per heavy atom. The van der Waals surface area contributed by atoms with Crippen molar-refractivity contribution >= 4 is 0 Å².